The van der Waals surface area contributed by atoms with Crippen LogP contribution in [0.4, 0.5) is 0 Å². The Morgan fingerprint density at radius 2 is 1.03 bits per heavy atom. The van der Waals surface area contributed by atoms with Gasteiger partial charge in [-0.05, 0) is 117 Å². The zero-order valence-corrected chi connectivity index (χ0v) is 20.8. The minimum absolute atomic E-state index is 1.01. The lowest BCUT2D eigenvalue weighted by molar-refractivity contribution is 1.18. The minimum atomic E-state index is 1.01. The van der Waals surface area contributed by atoms with Gasteiger partial charge in [-0.2, -0.15) is 0 Å². The number of rotatable bonds is 0. The van der Waals surface area contributed by atoms with Gasteiger partial charge in [-0.3, -0.25) is 0 Å². The molecule has 0 amide bonds. The summed E-state index contributed by atoms with van der Waals surface area (Å²) in [5, 5.41) is 13.8. The minimum Gasteiger partial charge on any atom is -0.0616 e. The van der Waals surface area contributed by atoms with Crippen molar-refractivity contribution in [1.29, 1.82) is 0 Å². The topological polar surface area (TPSA) is 0 Å². The highest BCUT2D eigenvalue weighted by Gasteiger charge is 2.33. The van der Waals surface area contributed by atoms with Crippen molar-refractivity contribution in [2.75, 3.05) is 0 Å². The van der Waals surface area contributed by atoms with E-state index in [4.69, 9.17) is 0 Å². The zero-order valence-electron chi connectivity index (χ0n) is 20.8. The Labute approximate surface area is 220 Å². The van der Waals surface area contributed by atoms with Crippen LogP contribution in [0.5, 0.6) is 0 Å². The second-order valence-electron chi connectivity index (χ2n) is 11.2. The van der Waals surface area contributed by atoms with Crippen molar-refractivity contribution in [3.8, 4) is 22.3 Å². The molecule has 0 atom stereocenters. The van der Waals surface area contributed by atoms with Crippen molar-refractivity contribution in [3.63, 3.8) is 0 Å². The van der Waals surface area contributed by atoms with Crippen LogP contribution in [0.1, 0.15) is 22.3 Å². The summed E-state index contributed by atoms with van der Waals surface area (Å²) in [4.78, 5) is 0. The molecule has 2 aliphatic carbocycles. The quantitative estimate of drug-likeness (QED) is 0.190. The number of hydrogen-bond donors (Lipinski definition) is 0. The van der Waals surface area contributed by atoms with Gasteiger partial charge in [0.05, 0.1) is 0 Å². The van der Waals surface area contributed by atoms with Gasteiger partial charge in [-0.25, -0.2) is 0 Å². The molecule has 0 unspecified atom stereocenters. The van der Waals surface area contributed by atoms with Crippen LogP contribution in [-0.4, -0.2) is 0 Å². The summed E-state index contributed by atoms with van der Waals surface area (Å²) in [5.74, 6) is 0. The Morgan fingerprint density at radius 3 is 1.89 bits per heavy atom. The van der Waals surface area contributed by atoms with Crippen molar-refractivity contribution in [3.05, 3.63) is 131 Å². The Kier molecular flexibility index (Phi) is 3.37. The first-order chi connectivity index (χ1) is 18.8. The number of hydrogen-bond acceptors (Lipinski definition) is 0. The maximum Gasteiger partial charge on any atom is -0.000397 e. The SMILES string of the molecule is c1ccc2c3c(ccc2c1)Cc1c2c(c4ccccc4c1-3)-c1cc3ccc4cccc5ccc(c1C2)c3c45. The van der Waals surface area contributed by atoms with Crippen LogP contribution in [0, 0.1) is 0 Å². The summed E-state index contributed by atoms with van der Waals surface area (Å²) in [6, 6.07) is 41.3. The molecule has 10 rings (SSSR count). The first-order valence-electron chi connectivity index (χ1n) is 13.6. The summed E-state index contributed by atoms with van der Waals surface area (Å²) in [6.07, 6.45) is 2.03. The van der Waals surface area contributed by atoms with Crippen LogP contribution in [-0.2, 0) is 12.8 Å². The Bertz CT molecular complexity index is 2320. The second kappa shape index (κ2) is 6.60. The van der Waals surface area contributed by atoms with E-state index in [0.29, 0.717) is 0 Å². The highest BCUT2D eigenvalue weighted by Crippen LogP contribution is 2.54. The zero-order chi connectivity index (χ0) is 24.5. The molecular weight excluding hydrogens is 456 g/mol. The van der Waals surface area contributed by atoms with E-state index in [2.05, 4.69) is 109 Å². The van der Waals surface area contributed by atoms with E-state index in [1.165, 1.54) is 87.2 Å². The van der Waals surface area contributed by atoms with Crippen LogP contribution in [0.15, 0.2) is 109 Å². The molecule has 38 heavy (non-hydrogen) atoms. The molecule has 0 saturated heterocycles. The van der Waals surface area contributed by atoms with Crippen molar-refractivity contribution >= 4 is 53.9 Å². The first kappa shape index (κ1) is 19.4. The number of fused-ring (bicyclic) bond motifs is 13. The molecule has 0 saturated carbocycles. The largest absolute Gasteiger partial charge is 0.0616 e. The van der Waals surface area contributed by atoms with E-state index in [1.54, 1.807) is 11.1 Å². The summed E-state index contributed by atoms with van der Waals surface area (Å²) in [5.41, 5.74) is 11.9. The average molecular weight is 479 g/mol. The highest BCUT2D eigenvalue weighted by atomic mass is 14.4. The van der Waals surface area contributed by atoms with Gasteiger partial charge < -0.3 is 0 Å². The number of benzene rings is 8. The van der Waals surface area contributed by atoms with Gasteiger partial charge in [0.2, 0.25) is 0 Å². The van der Waals surface area contributed by atoms with Crippen molar-refractivity contribution in [2.45, 2.75) is 12.8 Å². The van der Waals surface area contributed by atoms with Crippen LogP contribution in [0.3, 0.4) is 0 Å². The Morgan fingerprint density at radius 1 is 0.368 bits per heavy atom. The molecule has 8 aromatic carbocycles. The fraction of sp³-hybridized carbons (Fsp3) is 0.0526. The monoisotopic (exact) mass is 478 g/mol. The van der Waals surface area contributed by atoms with Gasteiger partial charge in [-0.15, -0.1) is 0 Å². The molecule has 0 heteroatoms. The van der Waals surface area contributed by atoms with Gasteiger partial charge in [0.25, 0.3) is 0 Å². The second-order valence-corrected chi connectivity index (χ2v) is 11.2. The van der Waals surface area contributed by atoms with Crippen molar-refractivity contribution < 1.29 is 0 Å². The van der Waals surface area contributed by atoms with Gasteiger partial charge in [-0.1, -0.05) is 103 Å². The summed E-state index contributed by atoms with van der Waals surface area (Å²) < 4.78 is 0. The molecular formula is C38H22. The normalized spacial score (nSPS) is 13.6. The van der Waals surface area contributed by atoms with E-state index in [9.17, 15) is 0 Å². The lowest BCUT2D eigenvalue weighted by Gasteiger charge is -2.16. The Hall–Kier alpha value is -4.68. The molecule has 0 bridgehead atoms. The molecule has 8 aromatic rings. The molecule has 174 valence electrons. The van der Waals surface area contributed by atoms with Crippen molar-refractivity contribution in [1.82, 2.24) is 0 Å². The molecule has 0 N–H and O–H groups in total. The maximum absolute atomic E-state index is 2.49. The van der Waals surface area contributed by atoms with E-state index in [1.807, 2.05) is 0 Å². The standard InChI is InChI=1S/C38H22/c1-2-9-26-21(6-1)12-14-24-19-32-33-20-30-29-17-16-23-8-5-7-22-13-15-25(36(29)34(22)23)18-31(30)37(33)27-10-3-4-11-28(27)38(32)35(24)26/h1-18H,19-20H2. The van der Waals surface area contributed by atoms with Crippen molar-refractivity contribution in [2.24, 2.45) is 0 Å². The molecule has 0 aromatic heterocycles. The molecule has 0 fully saturated rings. The van der Waals surface area contributed by atoms with E-state index >= 15 is 0 Å². The third kappa shape index (κ3) is 2.20. The van der Waals surface area contributed by atoms with Gasteiger partial charge >= 0.3 is 0 Å². The highest BCUT2D eigenvalue weighted by molar-refractivity contribution is 6.26. The fourth-order valence-electron chi connectivity index (χ4n) is 7.94. The predicted molar refractivity (Wildman–Crippen MR) is 162 cm³/mol. The van der Waals surface area contributed by atoms with E-state index in [-0.39, 0.29) is 0 Å². The molecule has 0 spiro atoms. The maximum atomic E-state index is 2.49. The third-order valence-corrected chi connectivity index (χ3v) is 9.45. The first-order valence-corrected chi connectivity index (χ1v) is 13.6. The Balaban J connectivity index is 1.36. The molecule has 0 nitrogen and oxygen atoms in total. The lowest BCUT2D eigenvalue weighted by atomic mass is 9.87. The average Bonchev–Trinajstić information content (AvgIpc) is 3.55. The smallest absolute Gasteiger partial charge is 0.000397 e. The van der Waals surface area contributed by atoms with Gasteiger partial charge in [0.15, 0.2) is 0 Å². The molecule has 2 aliphatic rings. The fourth-order valence-corrected chi connectivity index (χ4v) is 7.94. The summed E-state index contributed by atoms with van der Waals surface area (Å²) in [6.45, 7) is 0. The van der Waals surface area contributed by atoms with Crippen LogP contribution in [0.2, 0.25) is 0 Å². The lowest BCUT2D eigenvalue weighted by Crippen LogP contribution is -1.93. The third-order valence-electron chi connectivity index (χ3n) is 9.45. The molecule has 0 heterocycles. The van der Waals surface area contributed by atoms with Gasteiger partial charge in [0, 0.05) is 0 Å². The van der Waals surface area contributed by atoms with Crippen LogP contribution >= 0.6 is 0 Å². The van der Waals surface area contributed by atoms with Crippen LogP contribution < -0.4 is 0 Å². The van der Waals surface area contributed by atoms with E-state index < -0.39 is 0 Å². The van der Waals surface area contributed by atoms with Crippen LogP contribution in [0.25, 0.3) is 76.1 Å². The summed E-state index contributed by atoms with van der Waals surface area (Å²) in [7, 11) is 0. The molecule has 0 aliphatic heterocycles. The van der Waals surface area contributed by atoms with E-state index in [0.717, 1.165) is 12.8 Å². The predicted octanol–water partition coefficient (Wildman–Crippen LogP) is 10.0. The molecule has 0 radical (unpaired) electrons. The van der Waals surface area contributed by atoms with Gasteiger partial charge in [0.1, 0.15) is 0 Å². The summed E-state index contributed by atoms with van der Waals surface area (Å²) >= 11 is 0.